The number of halogens is 1. The number of rotatable bonds is 3. The molecule has 66 valence electrons. The standard InChI is InChI=1S/C9H13ClN2/c1-3-8(11-2)9-5-4-7(10)6-12-9/h4-6,8,11H,3H2,1-2H3. The molecule has 0 radical (unpaired) electrons. The van der Waals surface area contributed by atoms with Crippen LogP contribution in [0, 0.1) is 0 Å². The van der Waals surface area contributed by atoms with Crippen molar-refractivity contribution in [1.29, 1.82) is 0 Å². The molecule has 1 unspecified atom stereocenters. The number of pyridine rings is 1. The van der Waals surface area contributed by atoms with Gasteiger partial charge < -0.3 is 5.32 Å². The van der Waals surface area contributed by atoms with Gasteiger partial charge in [-0.15, -0.1) is 0 Å². The van der Waals surface area contributed by atoms with E-state index in [2.05, 4.69) is 17.2 Å². The van der Waals surface area contributed by atoms with Gasteiger partial charge in [0.05, 0.1) is 10.7 Å². The third kappa shape index (κ3) is 2.19. The molecule has 1 aromatic heterocycles. The van der Waals surface area contributed by atoms with E-state index >= 15 is 0 Å². The normalized spacial score (nSPS) is 12.9. The van der Waals surface area contributed by atoms with E-state index in [1.807, 2.05) is 19.2 Å². The monoisotopic (exact) mass is 184 g/mol. The summed E-state index contributed by atoms with van der Waals surface area (Å²) in [5, 5.41) is 3.87. The van der Waals surface area contributed by atoms with E-state index < -0.39 is 0 Å². The molecule has 0 aromatic carbocycles. The molecule has 1 heterocycles. The number of hydrogen-bond donors (Lipinski definition) is 1. The maximum absolute atomic E-state index is 5.72. The van der Waals surface area contributed by atoms with Gasteiger partial charge in [-0.2, -0.15) is 0 Å². The van der Waals surface area contributed by atoms with Gasteiger partial charge in [0.1, 0.15) is 0 Å². The summed E-state index contributed by atoms with van der Waals surface area (Å²) in [4.78, 5) is 4.23. The van der Waals surface area contributed by atoms with E-state index in [9.17, 15) is 0 Å². The van der Waals surface area contributed by atoms with Crippen LogP contribution in [0.3, 0.4) is 0 Å². The smallest absolute Gasteiger partial charge is 0.0589 e. The van der Waals surface area contributed by atoms with Crippen molar-refractivity contribution in [3.63, 3.8) is 0 Å². The van der Waals surface area contributed by atoms with Gasteiger partial charge in [0.15, 0.2) is 0 Å². The first-order chi connectivity index (χ1) is 5.77. The Balaban J connectivity index is 2.80. The SMILES string of the molecule is CCC(NC)c1ccc(Cl)cn1. The molecule has 12 heavy (non-hydrogen) atoms. The second-order valence-corrected chi connectivity index (χ2v) is 3.09. The minimum atomic E-state index is 0.335. The summed E-state index contributed by atoms with van der Waals surface area (Å²) < 4.78 is 0. The molecule has 2 nitrogen and oxygen atoms in total. The average Bonchev–Trinajstić information content (AvgIpc) is 2.10. The first-order valence-corrected chi connectivity index (χ1v) is 4.44. The number of hydrogen-bond acceptors (Lipinski definition) is 2. The van der Waals surface area contributed by atoms with Crippen molar-refractivity contribution >= 4 is 11.6 Å². The highest BCUT2D eigenvalue weighted by atomic mass is 35.5. The van der Waals surface area contributed by atoms with Crippen molar-refractivity contribution in [3.05, 3.63) is 29.0 Å². The maximum atomic E-state index is 5.72. The molecular formula is C9H13ClN2. The van der Waals surface area contributed by atoms with Crippen LogP contribution >= 0.6 is 11.6 Å². The molecule has 0 aliphatic rings. The van der Waals surface area contributed by atoms with Gasteiger partial charge in [0.2, 0.25) is 0 Å². The second-order valence-electron chi connectivity index (χ2n) is 2.65. The fourth-order valence-corrected chi connectivity index (χ4v) is 1.27. The van der Waals surface area contributed by atoms with Crippen LogP contribution < -0.4 is 5.32 Å². The molecule has 0 bridgehead atoms. The first kappa shape index (κ1) is 9.49. The van der Waals surface area contributed by atoms with E-state index in [-0.39, 0.29) is 0 Å². The van der Waals surface area contributed by atoms with Gasteiger partial charge in [0.25, 0.3) is 0 Å². The molecule has 1 N–H and O–H groups in total. The second kappa shape index (κ2) is 4.43. The van der Waals surface area contributed by atoms with Crippen LogP contribution in [-0.4, -0.2) is 12.0 Å². The highest BCUT2D eigenvalue weighted by molar-refractivity contribution is 6.30. The molecular weight excluding hydrogens is 172 g/mol. The predicted octanol–water partition coefficient (Wildman–Crippen LogP) is 2.41. The van der Waals surface area contributed by atoms with E-state index in [4.69, 9.17) is 11.6 Å². The van der Waals surface area contributed by atoms with Crippen molar-refractivity contribution in [2.45, 2.75) is 19.4 Å². The zero-order chi connectivity index (χ0) is 8.97. The summed E-state index contributed by atoms with van der Waals surface area (Å²) in [6, 6.07) is 4.15. The lowest BCUT2D eigenvalue weighted by molar-refractivity contribution is 0.561. The number of nitrogens with one attached hydrogen (secondary N) is 1. The molecule has 0 fully saturated rings. The van der Waals surface area contributed by atoms with Gasteiger partial charge >= 0.3 is 0 Å². The summed E-state index contributed by atoms with van der Waals surface area (Å²) in [7, 11) is 1.93. The Bertz CT molecular complexity index is 229. The summed E-state index contributed by atoms with van der Waals surface area (Å²) >= 11 is 5.72. The Morgan fingerprint density at radius 1 is 1.58 bits per heavy atom. The summed E-state index contributed by atoms with van der Waals surface area (Å²) in [6.45, 7) is 2.12. The molecule has 0 aliphatic carbocycles. The van der Waals surface area contributed by atoms with Crippen molar-refractivity contribution in [3.8, 4) is 0 Å². The first-order valence-electron chi connectivity index (χ1n) is 4.06. The van der Waals surface area contributed by atoms with Crippen molar-refractivity contribution in [2.24, 2.45) is 0 Å². The van der Waals surface area contributed by atoms with Gasteiger partial charge in [-0.05, 0) is 25.6 Å². The van der Waals surface area contributed by atoms with E-state index in [0.717, 1.165) is 12.1 Å². The van der Waals surface area contributed by atoms with Gasteiger partial charge in [-0.1, -0.05) is 18.5 Å². The van der Waals surface area contributed by atoms with Gasteiger partial charge in [0, 0.05) is 12.2 Å². The highest BCUT2D eigenvalue weighted by Gasteiger charge is 2.06. The summed E-state index contributed by atoms with van der Waals surface area (Å²) in [5.41, 5.74) is 1.05. The minimum Gasteiger partial charge on any atom is -0.312 e. The molecule has 1 atom stereocenters. The van der Waals surface area contributed by atoms with Crippen LogP contribution in [-0.2, 0) is 0 Å². The molecule has 0 spiro atoms. The minimum absolute atomic E-state index is 0.335. The van der Waals surface area contributed by atoms with Crippen LogP contribution in [0.15, 0.2) is 18.3 Å². The highest BCUT2D eigenvalue weighted by Crippen LogP contribution is 2.15. The van der Waals surface area contributed by atoms with Crippen molar-refractivity contribution < 1.29 is 0 Å². The summed E-state index contributed by atoms with van der Waals surface area (Å²) in [6.07, 6.45) is 2.71. The number of nitrogens with zero attached hydrogens (tertiary/aromatic N) is 1. The zero-order valence-electron chi connectivity index (χ0n) is 7.34. The third-order valence-electron chi connectivity index (χ3n) is 1.86. The van der Waals surface area contributed by atoms with Gasteiger partial charge in [-0.3, -0.25) is 4.98 Å². The largest absolute Gasteiger partial charge is 0.312 e. The molecule has 1 aromatic rings. The average molecular weight is 185 g/mol. The van der Waals surface area contributed by atoms with Crippen LogP contribution in [0.4, 0.5) is 0 Å². The molecule has 0 amide bonds. The summed E-state index contributed by atoms with van der Waals surface area (Å²) in [5.74, 6) is 0. The van der Waals surface area contributed by atoms with Gasteiger partial charge in [-0.25, -0.2) is 0 Å². The Morgan fingerprint density at radius 3 is 2.75 bits per heavy atom. The molecule has 0 saturated carbocycles. The molecule has 1 rings (SSSR count). The molecule has 3 heteroatoms. The Labute approximate surface area is 78.0 Å². The molecule has 0 saturated heterocycles. The fraction of sp³-hybridized carbons (Fsp3) is 0.444. The lowest BCUT2D eigenvalue weighted by Gasteiger charge is -2.12. The third-order valence-corrected chi connectivity index (χ3v) is 2.09. The van der Waals surface area contributed by atoms with E-state index in [0.29, 0.717) is 11.1 Å². The Kier molecular flexibility index (Phi) is 3.50. The van der Waals surface area contributed by atoms with Crippen LogP contribution in [0.25, 0.3) is 0 Å². The predicted molar refractivity (Wildman–Crippen MR) is 51.3 cm³/mol. The Hall–Kier alpha value is -0.600. The lowest BCUT2D eigenvalue weighted by atomic mass is 10.1. The van der Waals surface area contributed by atoms with Crippen LogP contribution in [0.2, 0.25) is 5.02 Å². The number of aromatic nitrogens is 1. The van der Waals surface area contributed by atoms with Crippen molar-refractivity contribution in [1.82, 2.24) is 10.3 Å². The van der Waals surface area contributed by atoms with Crippen LogP contribution in [0.5, 0.6) is 0 Å². The Morgan fingerprint density at radius 2 is 2.33 bits per heavy atom. The van der Waals surface area contributed by atoms with E-state index in [1.165, 1.54) is 0 Å². The lowest BCUT2D eigenvalue weighted by Crippen LogP contribution is -2.16. The topological polar surface area (TPSA) is 24.9 Å². The fourth-order valence-electron chi connectivity index (χ4n) is 1.15. The van der Waals surface area contributed by atoms with Crippen LogP contribution in [0.1, 0.15) is 25.1 Å². The van der Waals surface area contributed by atoms with E-state index in [1.54, 1.807) is 6.20 Å². The molecule has 0 aliphatic heterocycles. The van der Waals surface area contributed by atoms with Crippen molar-refractivity contribution in [2.75, 3.05) is 7.05 Å². The quantitative estimate of drug-likeness (QED) is 0.781. The zero-order valence-corrected chi connectivity index (χ0v) is 8.10. The maximum Gasteiger partial charge on any atom is 0.0589 e.